The first-order chi connectivity index (χ1) is 9.76. The summed E-state index contributed by atoms with van der Waals surface area (Å²) in [6.07, 6.45) is 1.14. The van der Waals surface area contributed by atoms with Crippen molar-refractivity contribution in [1.82, 2.24) is 0 Å². The number of benzene rings is 2. The Morgan fingerprint density at radius 1 is 1.10 bits per heavy atom. The molecule has 20 heavy (non-hydrogen) atoms. The highest BCUT2D eigenvalue weighted by Crippen LogP contribution is 2.27. The van der Waals surface area contributed by atoms with Gasteiger partial charge in [0.05, 0.1) is 6.61 Å². The summed E-state index contributed by atoms with van der Waals surface area (Å²) in [5, 5.41) is 12.4. The van der Waals surface area contributed by atoms with Crippen molar-refractivity contribution in [2.75, 3.05) is 23.8 Å². The first kappa shape index (κ1) is 13.0. The molecule has 0 radical (unpaired) electrons. The lowest BCUT2D eigenvalue weighted by atomic mass is 10.1. The Balaban J connectivity index is 1.66. The average molecular weight is 268 g/mol. The van der Waals surface area contributed by atoms with E-state index in [-0.39, 0.29) is 6.61 Å². The van der Waals surface area contributed by atoms with Gasteiger partial charge in [-0.1, -0.05) is 24.3 Å². The third-order valence-corrected chi connectivity index (χ3v) is 3.90. The molecule has 0 atom stereocenters. The van der Waals surface area contributed by atoms with Crippen LogP contribution in [0, 0.1) is 0 Å². The van der Waals surface area contributed by atoms with Gasteiger partial charge in [-0.15, -0.1) is 0 Å². The number of likely N-dealkylation sites (N-methyl/N-ethyl adjacent to an activating group) is 1. The Morgan fingerprint density at radius 3 is 2.60 bits per heavy atom. The van der Waals surface area contributed by atoms with Gasteiger partial charge in [0.25, 0.3) is 0 Å². The van der Waals surface area contributed by atoms with E-state index in [2.05, 4.69) is 35.5 Å². The van der Waals surface area contributed by atoms with Gasteiger partial charge >= 0.3 is 0 Å². The molecule has 0 saturated carbocycles. The van der Waals surface area contributed by atoms with Gasteiger partial charge in [0.15, 0.2) is 0 Å². The number of aliphatic hydroxyl groups excluding tert-OH is 1. The van der Waals surface area contributed by atoms with Crippen molar-refractivity contribution in [1.29, 1.82) is 0 Å². The van der Waals surface area contributed by atoms with E-state index in [0.29, 0.717) is 0 Å². The summed E-state index contributed by atoms with van der Waals surface area (Å²) >= 11 is 0. The molecule has 0 spiro atoms. The number of hydrogen-bond acceptors (Lipinski definition) is 3. The highest BCUT2D eigenvalue weighted by Gasteiger charge is 2.15. The van der Waals surface area contributed by atoms with E-state index < -0.39 is 0 Å². The summed E-state index contributed by atoms with van der Waals surface area (Å²) in [5.41, 5.74) is 6.14. The van der Waals surface area contributed by atoms with Crippen LogP contribution in [0.5, 0.6) is 0 Å². The number of hydrogen-bond donors (Lipinski definition) is 2. The van der Waals surface area contributed by atoms with Crippen LogP contribution in [-0.4, -0.2) is 18.7 Å². The minimum atomic E-state index is 0.0959. The zero-order chi connectivity index (χ0) is 13.9. The minimum absolute atomic E-state index is 0.0959. The zero-order valence-electron chi connectivity index (χ0n) is 11.8. The predicted octanol–water partition coefficient (Wildman–Crippen LogP) is 2.78. The molecule has 0 amide bonds. The Kier molecular flexibility index (Phi) is 3.61. The second-order valence-electron chi connectivity index (χ2n) is 5.34. The van der Waals surface area contributed by atoms with Gasteiger partial charge in [-0.25, -0.2) is 0 Å². The fourth-order valence-corrected chi connectivity index (χ4v) is 2.66. The summed E-state index contributed by atoms with van der Waals surface area (Å²) in [5.74, 6) is 0. The fraction of sp³-hybridized carbons (Fsp3) is 0.294. The molecule has 104 valence electrons. The first-order valence-corrected chi connectivity index (χ1v) is 7.03. The molecule has 0 aromatic heterocycles. The number of aliphatic hydroxyl groups is 1. The van der Waals surface area contributed by atoms with E-state index in [1.165, 1.54) is 16.8 Å². The second-order valence-corrected chi connectivity index (χ2v) is 5.34. The van der Waals surface area contributed by atoms with Crippen molar-refractivity contribution in [3.8, 4) is 0 Å². The maximum absolute atomic E-state index is 9.02. The lowest BCUT2D eigenvalue weighted by Crippen LogP contribution is -2.12. The molecule has 1 aliphatic rings. The van der Waals surface area contributed by atoms with Crippen molar-refractivity contribution >= 4 is 11.4 Å². The molecule has 2 aromatic rings. The third-order valence-electron chi connectivity index (χ3n) is 3.90. The van der Waals surface area contributed by atoms with Gasteiger partial charge in [0.1, 0.15) is 0 Å². The molecule has 2 N–H and O–H groups in total. The van der Waals surface area contributed by atoms with Crippen LogP contribution in [0.3, 0.4) is 0 Å². The van der Waals surface area contributed by atoms with Crippen molar-refractivity contribution in [3.63, 3.8) is 0 Å². The van der Waals surface area contributed by atoms with Crippen LogP contribution in [0.25, 0.3) is 0 Å². The van der Waals surface area contributed by atoms with Gasteiger partial charge in [0, 0.05) is 31.5 Å². The Hall–Kier alpha value is -2.00. The smallest absolute Gasteiger partial charge is 0.0681 e. The molecule has 0 bridgehead atoms. The summed E-state index contributed by atoms with van der Waals surface area (Å²) in [6, 6.07) is 14.6. The molecule has 1 heterocycles. The van der Waals surface area contributed by atoms with Crippen LogP contribution in [-0.2, 0) is 19.6 Å². The predicted molar refractivity (Wildman–Crippen MR) is 83.1 cm³/mol. The maximum atomic E-state index is 9.02. The molecule has 0 aliphatic carbocycles. The first-order valence-electron chi connectivity index (χ1n) is 7.03. The summed E-state index contributed by atoms with van der Waals surface area (Å²) in [6.45, 7) is 2.04. The van der Waals surface area contributed by atoms with Crippen molar-refractivity contribution in [2.24, 2.45) is 0 Å². The molecule has 0 saturated heterocycles. The molecule has 3 rings (SSSR count). The number of anilines is 2. The van der Waals surface area contributed by atoms with Gasteiger partial charge in [-0.3, -0.25) is 0 Å². The summed E-state index contributed by atoms with van der Waals surface area (Å²) in [4.78, 5) is 2.31. The molecular formula is C17H20N2O. The molecule has 2 aromatic carbocycles. The van der Waals surface area contributed by atoms with E-state index in [9.17, 15) is 0 Å². The quantitative estimate of drug-likeness (QED) is 0.895. The molecule has 3 heteroatoms. The molecule has 0 unspecified atom stereocenters. The molecule has 3 nitrogen and oxygen atoms in total. The van der Waals surface area contributed by atoms with Gasteiger partial charge < -0.3 is 15.3 Å². The molecule has 0 fully saturated rings. The van der Waals surface area contributed by atoms with Crippen LogP contribution in [0.2, 0.25) is 0 Å². The number of nitrogens with zero attached hydrogens (tertiary/aromatic N) is 1. The highest BCUT2D eigenvalue weighted by atomic mass is 16.3. The zero-order valence-corrected chi connectivity index (χ0v) is 11.8. The van der Waals surface area contributed by atoms with Crippen molar-refractivity contribution in [2.45, 2.75) is 19.6 Å². The normalized spacial score (nSPS) is 13.4. The van der Waals surface area contributed by atoms with Crippen LogP contribution in [0.15, 0.2) is 42.5 Å². The third kappa shape index (κ3) is 2.63. The van der Waals surface area contributed by atoms with E-state index in [1.807, 2.05) is 24.3 Å². The fourth-order valence-electron chi connectivity index (χ4n) is 2.66. The van der Waals surface area contributed by atoms with Gasteiger partial charge in [-0.2, -0.15) is 0 Å². The number of fused-ring (bicyclic) bond motifs is 1. The topological polar surface area (TPSA) is 35.5 Å². The van der Waals surface area contributed by atoms with Crippen LogP contribution in [0.4, 0.5) is 11.4 Å². The summed E-state index contributed by atoms with van der Waals surface area (Å²) in [7, 11) is 2.15. The lowest BCUT2D eigenvalue weighted by molar-refractivity contribution is 0.282. The monoisotopic (exact) mass is 268 g/mol. The van der Waals surface area contributed by atoms with Crippen molar-refractivity contribution in [3.05, 3.63) is 59.2 Å². The number of nitrogens with one attached hydrogen (secondary N) is 1. The highest BCUT2D eigenvalue weighted by molar-refractivity contribution is 5.58. The number of rotatable bonds is 4. The van der Waals surface area contributed by atoms with E-state index in [1.54, 1.807) is 0 Å². The second kappa shape index (κ2) is 5.55. The molecular weight excluding hydrogens is 248 g/mol. The minimum Gasteiger partial charge on any atom is -0.392 e. The Morgan fingerprint density at radius 2 is 1.85 bits per heavy atom. The van der Waals surface area contributed by atoms with Gasteiger partial charge in [-0.05, 0) is 41.3 Å². The SMILES string of the molecule is CN1CCc2cc(CNc3ccc(CO)cc3)ccc21. The summed E-state index contributed by atoms with van der Waals surface area (Å²) < 4.78 is 0. The van der Waals surface area contributed by atoms with Crippen LogP contribution < -0.4 is 10.2 Å². The van der Waals surface area contributed by atoms with Crippen molar-refractivity contribution < 1.29 is 5.11 Å². The Labute approximate surface area is 119 Å². The van der Waals surface area contributed by atoms with E-state index >= 15 is 0 Å². The van der Waals surface area contributed by atoms with E-state index in [4.69, 9.17) is 5.11 Å². The van der Waals surface area contributed by atoms with Crippen LogP contribution in [0.1, 0.15) is 16.7 Å². The lowest BCUT2D eigenvalue weighted by Gasteiger charge is -2.13. The molecule has 1 aliphatic heterocycles. The van der Waals surface area contributed by atoms with Gasteiger partial charge in [0.2, 0.25) is 0 Å². The largest absolute Gasteiger partial charge is 0.392 e. The van der Waals surface area contributed by atoms with E-state index in [0.717, 1.165) is 30.8 Å². The average Bonchev–Trinajstić information content (AvgIpc) is 2.87. The maximum Gasteiger partial charge on any atom is 0.0681 e. The Bertz CT molecular complexity index is 592. The standard InChI is InChI=1S/C17H20N2O/c1-19-9-8-15-10-14(4-7-17(15)19)11-18-16-5-2-13(12-20)3-6-16/h2-7,10,18,20H,8-9,11-12H2,1H3. The van der Waals surface area contributed by atoms with Crippen LogP contribution >= 0.6 is 0 Å².